The lowest BCUT2D eigenvalue weighted by Crippen LogP contribution is -2.22. The van der Waals surface area contributed by atoms with Crippen LogP contribution < -0.4 is 0 Å². The van der Waals surface area contributed by atoms with Gasteiger partial charge in [-0.15, -0.1) is 0 Å². The molecule has 0 saturated heterocycles. The van der Waals surface area contributed by atoms with Crippen molar-refractivity contribution < 1.29 is 13.5 Å². The molecular formula is C6H9F2NO. The lowest BCUT2D eigenvalue weighted by atomic mass is 10.3. The summed E-state index contributed by atoms with van der Waals surface area (Å²) in [6, 6.07) is 1.61. The second-order valence-electron chi connectivity index (χ2n) is 1.86. The van der Waals surface area contributed by atoms with Gasteiger partial charge in [0.1, 0.15) is 13.2 Å². The highest BCUT2D eigenvalue weighted by atomic mass is 19.3. The molecule has 0 N–H and O–H groups in total. The number of nitrogens with zero attached hydrogens (tertiary/aromatic N) is 1. The number of alkyl halides is 2. The van der Waals surface area contributed by atoms with Crippen molar-refractivity contribution in [3.05, 3.63) is 0 Å². The Morgan fingerprint density at radius 3 is 2.60 bits per heavy atom. The normalized spacial score (nSPS) is 11.0. The fourth-order valence-corrected chi connectivity index (χ4v) is 0.348. The predicted molar refractivity (Wildman–Crippen MR) is 31.7 cm³/mol. The monoisotopic (exact) mass is 149 g/mol. The van der Waals surface area contributed by atoms with E-state index in [1.165, 1.54) is 6.92 Å². The Morgan fingerprint density at radius 2 is 2.20 bits per heavy atom. The third kappa shape index (κ3) is 4.21. The van der Waals surface area contributed by atoms with E-state index >= 15 is 0 Å². The summed E-state index contributed by atoms with van der Waals surface area (Å²) in [5, 5.41) is 7.92. The van der Waals surface area contributed by atoms with E-state index in [0.717, 1.165) is 0 Å². The first-order valence-corrected chi connectivity index (χ1v) is 2.95. The molecular weight excluding hydrogens is 140 g/mol. The minimum Gasteiger partial charge on any atom is -0.360 e. The Balaban J connectivity index is 3.39. The van der Waals surface area contributed by atoms with Crippen molar-refractivity contribution >= 4 is 0 Å². The van der Waals surface area contributed by atoms with Crippen LogP contribution >= 0.6 is 0 Å². The quantitative estimate of drug-likeness (QED) is 0.568. The molecule has 0 fully saturated rings. The summed E-state index contributed by atoms with van der Waals surface area (Å²) in [5.41, 5.74) is 0. The number of halogens is 2. The first-order valence-electron chi connectivity index (χ1n) is 2.95. The van der Waals surface area contributed by atoms with E-state index in [9.17, 15) is 8.78 Å². The standard InChI is InChI=1S/C6H9F2NO/c1-2-6(7,8)5-10-4-3-9/h2,4-5H2,1H3. The van der Waals surface area contributed by atoms with Gasteiger partial charge in [0.05, 0.1) is 6.07 Å². The van der Waals surface area contributed by atoms with Crippen molar-refractivity contribution in [2.45, 2.75) is 19.3 Å². The van der Waals surface area contributed by atoms with E-state index in [0.29, 0.717) is 0 Å². The average Bonchev–Trinajstić information content (AvgIpc) is 1.89. The second kappa shape index (κ2) is 4.18. The maximum atomic E-state index is 12.2. The van der Waals surface area contributed by atoms with Crippen LogP contribution in [0.1, 0.15) is 13.3 Å². The highest BCUT2D eigenvalue weighted by Crippen LogP contribution is 2.17. The van der Waals surface area contributed by atoms with Gasteiger partial charge in [-0.05, 0) is 0 Å². The van der Waals surface area contributed by atoms with Crippen LogP contribution in [0.2, 0.25) is 0 Å². The molecule has 0 unspecified atom stereocenters. The zero-order chi connectivity index (χ0) is 8.04. The zero-order valence-corrected chi connectivity index (χ0v) is 5.73. The van der Waals surface area contributed by atoms with Crippen LogP contribution in [0.3, 0.4) is 0 Å². The Labute approximate surface area is 58.4 Å². The summed E-state index contributed by atoms with van der Waals surface area (Å²) in [4.78, 5) is 0. The van der Waals surface area contributed by atoms with Gasteiger partial charge in [-0.25, -0.2) is 8.78 Å². The van der Waals surface area contributed by atoms with Crippen molar-refractivity contribution in [1.82, 2.24) is 0 Å². The fourth-order valence-electron chi connectivity index (χ4n) is 0.348. The zero-order valence-electron chi connectivity index (χ0n) is 5.73. The van der Waals surface area contributed by atoms with Gasteiger partial charge in [0.2, 0.25) is 0 Å². The molecule has 0 atom stereocenters. The minimum absolute atomic E-state index is 0.252. The highest BCUT2D eigenvalue weighted by molar-refractivity contribution is 4.69. The third-order valence-corrected chi connectivity index (χ3v) is 0.997. The van der Waals surface area contributed by atoms with Crippen LogP contribution in [0.15, 0.2) is 0 Å². The summed E-state index contributed by atoms with van der Waals surface area (Å²) >= 11 is 0. The van der Waals surface area contributed by atoms with E-state index in [-0.39, 0.29) is 13.0 Å². The molecule has 0 aliphatic carbocycles. The van der Waals surface area contributed by atoms with Crippen molar-refractivity contribution in [1.29, 1.82) is 5.26 Å². The summed E-state index contributed by atoms with van der Waals surface area (Å²) in [5.74, 6) is -2.78. The predicted octanol–water partition coefficient (Wildman–Crippen LogP) is 1.57. The van der Waals surface area contributed by atoms with E-state index in [4.69, 9.17) is 5.26 Å². The molecule has 58 valence electrons. The van der Waals surface area contributed by atoms with Crippen molar-refractivity contribution in [2.24, 2.45) is 0 Å². The van der Waals surface area contributed by atoms with Crippen LogP contribution in [0.5, 0.6) is 0 Å². The minimum atomic E-state index is -2.78. The van der Waals surface area contributed by atoms with Crippen LogP contribution in [0.4, 0.5) is 8.78 Å². The molecule has 0 saturated carbocycles. The molecule has 0 amide bonds. The van der Waals surface area contributed by atoms with Gasteiger partial charge in [-0.1, -0.05) is 6.92 Å². The first kappa shape index (κ1) is 9.31. The van der Waals surface area contributed by atoms with Gasteiger partial charge in [-0.3, -0.25) is 0 Å². The van der Waals surface area contributed by atoms with Crippen LogP contribution in [-0.4, -0.2) is 19.1 Å². The number of hydrogen-bond acceptors (Lipinski definition) is 2. The maximum Gasteiger partial charge on any atom is 0.270 e. The maximum absolute atomic E-state index is 12.2. The Kier molecular flexibility index (Phi) is 3.89. The van der Waals surface area contributed by atoms with Crippen LogP contribution in [-0.2, 0) is 4.74 Å². The van der Waals surface area contributed by atoms with E-state index < -0.39 is 12.5 Å². The SMILES string of the molecule is CCC(F)(F)COCC#N. The van der Waals surface area contributed by atoms with Crippen LogP contribution in [0, 0.1) is 11.3 Å². The fraction of sp³-hybridized carbons (Fsp3) is 0.833. The van der Waals surface area contributed by atoms with Gasteiger partial charge < -0.3 is 4.74 Å². The molecule has 2 nitrogen and oxygen atoms in total. The lowest BCUT2D eigenvalue weighted by molar-refractivity contribution is -0.0726. The van der Waals surface area contributed by atoms with E-state index in [1.807, 2.05) is 0 Å². The molecule has 0 aromatic rings. The van der Waals surface area contributed by atoms with Crippen molar-refractivity contribution in [3.8, 4) is 6.07 Å². The molecule has 0 aromatic carbocycles. The summed E-state index contributed by atoms with van der Waals surface area (Å²) in [6.45, 7) is 0.447. The Bertz CT molecular complexity index is 130. The van der Waals surface area contributed by atoms with Crippen molar-refractivity contribution in [3.63, 3.8) is 0 Å². The Hall–Kier alpha value is -0.690. The van der Waals surface area contributed by atoms with Gasteiger partial charge in [0, 0.05) is 6.42 Å². The van der Waals surface area contributed by atoms with Gasteiger partial charge in [0.25, 0.3) is 5.92 Å². The molecule has 0 rings (SSSR count). The Morgan fingerprint density at radius 1 is 1.60 bits per heavy atom. The summed E-state index contributed by atoms with van der Waals surface area (Å²) < 4.78 is 28.8. The molecule has 10 heavy (non-hydrogen) atoms. The molecule has 0 spiro atoms. The van der Waals surface area contributed by atoms with Gasteiger partial charge in [0.15, 0.2) is 0 Å². The average molecular weight is 149 g/mol. The largest absolute Gasteiger partial charge is 0.360 e. The molecule has 0 heterocycles. The van der Waals surface area contributed by atoms with E-state index in [2.05, 4.69) is 4.74 Å². The van der Waals surface area contributed by atoms with Gasteiger partial charge >= 0.3 is 0 Å². The molecule has 0 aliphatic heterocycles. The summed E-state index contributed by atoms with van der Waals surface area (Å²) in [7, 11) is 0. The number of rotatable bonds is 4. The highest BCUT2D eigenvalue weighted by Gasteiger charge is 2.25. The van der Waals surface area contributed by atoms with Gasteiger partial charge in [-0.2, -0.15) is 5.26 Å². The lowest BCUT2D eigenvalue weighted by Gasteiger charge is -2.11. The number of nitriles is 1. The topological polar surface area (TPSA) is 33.0 Å². The van der Waals surface area contributed by atoms with Crippen LogP contribution in [0.25, 0.3) is 0 Å². The second-order valence-corrected chi connectivity index (χ2v) is 1.86. The molecule has 0 aliphatic rings. The van der Waals surface area contributed by atoms with Crippen molar-refractivity contribution in [2.75, 3.05) is 13.2 Å². The third-order valence-electron chi connectivity index (χ3n) is 0.997. The summed E-state index contributed by atoms with van der Waals surface area (Å²) in [6.07, 6.45) is -0.252. The number of hydrogen-bond donors (Lipinski definition) is 0. The van der Waals surface area contributed by atoms with E-state index in [1.54, 1.807) is 6.07 Å². The molecule has 0 aromatic heterocycles. The molecule has 4 heteroatoms. The smallest absolute Gasteiger partial charge is 0.270 e. The molecule has 0 bridgehead atoms. The number of ether oxygens (including phenoxy) is 1. The molecule has 0 radical (unpaired) electrons. The first-order chi connectivity index (χ1) is 4.62.